The molecule has 0 aliphatic carbocycles. The summed E-state index contributed by atoms with van der Waals surface area (Å²) in [4.78, 5) is 23.5. The molecule has 2 N–H and O–H groups in total. The molecule has 0 radical (unpaired) electrons. The van der Waals surface area contributed by atoms with Crippen molar-refractivity contribution in [3.8, 4) is 5.75 Å². The number of hydrogen-bond acceptors (Lipinski definition) is 8. The smallest absolute Gasteiger partial charge is 0.271 e. The second-order valence-corrected chi connectivity index (χ2v) is 12.5. The number of nitro groups is 1. The summed E-state index contributed by atoms with van der Waals surface area (Å²) in [7, 11) is -6.88. The number of carbonyl (C=O) groups is 1. The molecule has 0 atom stereocenters. The number of nitrogens with zero attached hydrogens (tertiary/aromatic N) is 2. The highest BCUT2D eigenvalue weighted by Gasteiger charge is 2.28. The quantitative estimate of drug-likeness (QED) is 0.184. The molecule has 0 fully saturated rings. The Morgan fingerprint density at radius 1 is 0.881 bits per heavy atom. The number of anilines is 3. The monoisotopic (exact) mass is 610 g/mol. The molecule has 0 heterocycles. The van der Waals surface area contributed by atoms with Gasteiger partial charge in [-0.2, -0.15) is 0 Å². The average molecular weight is 611 g/mol. The minimum atomic E-state index is -4.30. The number of nitro benzene ring substituents is 1. The molecule has 0 spiro atoms. The van der Waals surface area contributed by atoms with Crippen molar-refractivity contribution in [2.45, 2.75) is 16.7 Å². The standard InChI is InChI=1S/C28H26N4O8S2/c1-20-11-16-27(40-2)26(17-20)30-41(36,37)24-14-12-21(13-15-24)29-28(33)19-31(22-7-6-8-23(18-22)32(34)35)42(38,39)25-9-4-3-5-10-25/h3-18,30H,19H2,1-2H3,(H,29,33). The fraction of sp³-hybridized carbons (Fsp3) is 0.107. The van der Waals surface area contributed by atoms with E-state index < -0.39 is 37.4 Å². The molecular formula is C28H26N4O8S2. The van der Waals surface area contributed by atoms with E-state index in [-0.39, 0.29) is 32.5 Å². The Balaban J connectivity index is 1.56. The summed E-state index contributed by atoms with van der Waals surface area (Å²) in [5, 5.41) is 13.9. The van der Waals surface area contributed by atoms with E-state index in [4.69, 9.17) is 4.74 Å². The molecule has 0 unspecified atom stereocenters. The van der Waals surface area contributed by atoms with Gasteiger partial charge in [0.25, 0.3) is 25.7 Å². The van der Waals surface area contributed by atoms with Crippen molar-refractivity contribution in [1.82, 2.24) is 0 Å². The largest absolute Gasteiger partial charge is 0.495 e. The molecule has 0 aliphatic heterocycles. The molecule has 0 aromatic heterocycles. The molecule has 42 heavy (non-hydrogen) atoms. The minimum absolute atomic E-state index is 0.0812. The van der Waals surface area contributed by atoms with E-state index >= 15 is 0 Å². The zero-order valence-corrected chi connectivity index (χ0v) is 24.1. The van der Waals surface area contributed by atoms with Crippen LogP contribution < -0.4 is 19.1 Å². The maximum atomic E-state index is 13.5. The zero-order chi connectivity index (χ0) is 30.5. The van der Waals surface area contributed by atoms with Gasteiger partial charge in [-0.3, -0.25) is 23.9 Å². The van der Waals surface area contributed by atoms with E-state index in [1.165, 1.54) is 73.8 Å². The summed E-state index contributed by atoms with van der Waals surface area (Å²) >= 11 is 0. The van der Waals surface area contributed by atoms with Crippen LogP contribution >= 0.6 is 0 Å². The second-order valence-electron chi connectivity index (χ2n) is 8.98. The van der Waals surface area contributed by atoms with E-state index in [2.05, 4.69) is 10.0 Å². The molecule has 1 amide bonds. The molecule has 0 bridgehead atoms. The number of methoxy groups -OCH3 is 1. The minimum Gasteiger partial charge on any atom is -0.495 e. The Bertz CT molecular complexity index is 1830. The number of non-ortho nitro benzene ring substituents is 1. The molecule has 4 aromatic rings. The van der Waals surface area contributed by atoms with Crippen LogP contribution in [-0.4, -0.2) is 41.3 Å². The van der Waals surface area contributed by atoms with Gasteiger partial charge in [0.1, 0.15) is 12.3 Å². The topological polar surface area (TPSA) is 165 Å². The molecular weight excluding hydrogens is 584 g/mol. The van der Waals surface area contributed by atoms with Gasteiger partial charge in [0, 0.05) is 17.8 Å². The number of hydrogen-bond donors (Lipinski definition) is 2. The van der Waals surface area contributed by atoms with Gasteiger partial charge in [0.05, 0.1) is 33.2 Å². The molecule has 0 saturated heterocycles. The molecule has 4 aromatic carbocycles. The molecule has 218 valence electrons. The summed E-state index contributed by atoms with van der Waals surface area (Å²) < 4.78 is 61.3. The number of amides is 1. The predicted octanol–water partition coefficient (Wildman–Crippen LogP) is 4.55. The van der Waals surface area contributed by atoms with Crippen LogP contribution in [0.5, 0.6) is 5.75 Å². The van der Waals surface area contributed by atoms with E-state index in [0.717, 1.165) is 15.9 Å². The number of sulfonamides is 2. The average Bonchev–Trinajstić information content (AvgIpc) is 2.96. The van der Waals surface area contributed by atoms with Gasteiger partial charge in [-0.1, -0.05) is 30.3 Å². The van der Waals surface area contributed by atoms with E-state index in [1.807, 2.05) is 0 Å². The van der Waals surface area contributed by atoms with Crippen molar-refractivity contribution in [1.29, 1.82) is 0 Å². The van der Waals surface area contributed by atoms with E-state index in [9.17, 15) is 31.7 Å². The van der Waals surface area contributed by atoms with Crippen LogP contribution in [0.15, 0.2) is 107 Å². The third-order valence-electron chi connectivity index (χ3n) is 5.99. The third-order valence-corrected chi connectivity index (χ3v) is 9.16. The summed E-state index contributed by atoms with van der Waals surface area (Å²) in [6, 6.07) is 22.6. The van der Waals surface area contributed by atoms with Crippen molar-refractivity contribution >= 4 is 48.7 Å². The van der Waals surface area contributed by atoms with Gasteiger partial charge in [-0.25, -0.2) is 16.8 Å². The number of nitrogens with one attached hydrogen (secondary N) is 2. The Kier molecular flexibility index (Phi) is 8.78. The maximum absolute atomic E-state index is 13.5. The summed E-state index contributed by atoms with van der Waals surface area (Å²) in [6.07, 6.45) is 0. The molecule has 0 saturated carbocycles. The van der Waals surface area contributed by atoms with Crippen LogP contribution in [-0.2, 0) is 24.8 Å². The highest BCUT2D eigenvalue weighted by molar-refractivity contribution is 7.93. The first-order valence-electron chi connectivity index (χ1n) is 12.3. The van der Waals surface area contributed by atoms with Crippen LogP contribution in [0.3, 0.4) is 0 Å². The van der Waals surface area contributed by atoms with Crippen molar-refractivity contribution < 1.29 is 31.3 Å². The number of aryl methyl sites for hydroxylation is 1. The van der Waals surface area contributed by atoms with Crippen LogP contribution in [0.25, 0.3) is 0 Å². The number of benzene rings is 4. The Labute approximate surface area is 242 Å². The normalized spacial score (nSPS) is 11.4. The summed E-state index contributed by atoms with van der Waals surface area (Å²) in [5.41, 5.74) is 0.844. The van der Waals surface area contributed by atoms with Crippen LogP contribution in [0.2, 0.25) is 0 Å². The lowest BCUT2D eigenvalue weighted by Crippen LogP contribution is -2.38. The van der Waals surface area contributed by atoms with Gasteiger partial charge in [0.2, 0.25) is 5.91 Å². The zero-order valence-electron chi connectivity index (χ0n) is 22.4. The van der Waals surface area contributed by atoms with Crippen molar-refractivity contribution in [2.24, 2.45) is 0 Å². The van der Waals surface area contributed by atoms with Gasteiger partial charge >= 0.3 is 0 Å². The lowest BCUT2D eigenvalue weighted by atomic mass is 10.2. The summed E-state index contributed by atoms with van der Waals surface area (Å²) in [5.74, 6) is -0.425. The van der Waals surface area contributed by atoms with E-state index in [0.29, 0.717) is 5.75 Å². The number of ether oxygens (including phenoxy) is 1. The number of rotatable bonds is 11. The lowest BCUT2D eigenvalue weighted by Gasteiger charge is -2.24. The fourth-order valence-electron chi connectivity index (χ4n) is 3.95. The SMILES string of the molecule is COc1ccc(C)cc1NS(=O)(=O)c1ccc(NC(=O)CN(c2cccc([N+](=O)[O-])c2)S(=O)(=O)c2ccccc2)cc1. The molecule has 0 aliphatic rings. The van der Waals surface area contributed by atoms with E-state index in [1.54, 1.807) is 31.2 Å². The Morgan fingerprint density at radius 3 is 2.21 bits per heavy atom. The number of carbonyl (C=O) groups excluding carboxylic acids is 1. The Hall–Kier alpha value is -4.95. The maximum Gasteiger partial charge on any atom is 0.271 e. The van der Waals surface area contributed by atoms with Crippen molar-refractivity contribution in [3.05, 3.63) is 113 Å². The lowest BCUT2D eigenvalue weighted by molar-refractivity contribution is -0.384. The second kappa shape index (κ2) is 12.3. The summed E-state index contributed by atoms with van der Waals surface area (Å²) in [6.45, 7) is 1.09. The van der Waals surface area contributed by atoms with Crippen LogP contribution in [0.1, 0.15) is 5.56 Å². The Morgan fingerprint density at radius 2 is 1.57 bits per heavy atom. The molecule has 4 rings (SSSR count). The molecule has 14 heteroatoms. The highest BCUT2D eigenvalue weighted by Crippen LogP contribution is 2.29. The van der Waals surface area contributed by atoms with Crippen LogP contribution in [0, 0.1) is 17.0 Å². The predicted molar refractivity (Wildman–Crippen MR) is 158 cm³/mol. The van der Waals surface area contributed by atoms with Crippen molar-refractivity contribution in [3.63, 3.8) is 0 Å². The van der Waals surface area contributed by atoms with Gasteiger partial charge in [0.15, 0.2) is 0 Å². The molecule has 12 nitrogen and oxygen atoms in total. The highest BCUT2D eigenvalue weighted by atomic mass is 32.2. The van der Waals surface area contributed by atoms with Gasteiger partial charge in [-0.05, 0) is 67.1 Å². The third kappa shape index (κ3) is 6.85. The van der Waals surface area contributed by atoms with Crippen molar-refractivity contribution in [2.75, 3.05) is 28.0 Å². The first kappa shape index (κ1) is 30.0. The van der Waals surface area contributed by atoms with Gasteiger partial charge in [-0.15, -0.1) is 0 Å². The fourth-order valence-corrected chi connectivity index (χ4v) is 6.45. The first-order valence-corrected chi connectivity index (χ1v) is 15.2. The van der Waals surface area contributed by atoms with Gasteiger partial charge < -0.3 is 10.1 Å². The van der Waals surface area contributed by atoms with Crippen LogP contribution in [0.4, 0.5) is 22.7 Å². The first-order chi connectivity index (χ1) is 19.9.